The Morgan fingerprint density at radius 2 is 2.08 bits per heavy atom. The monoisotopic (exact) mass is 352 g/mol. The smallest absolute Gasteiger partial charge is 0.227 e. The van der Waals surface area contributed by atoms with Crippen molar-refractivity contribution in [1.82, 2.24) is 15.0 Å². The molecule has 0 aliphatic carbocycles. The lowest BCUT2D eigenvalue weighted by atomic mass is 9.95. The molecular formula is C19H20N4O3. The molecule has 7 nitrogen and oxygen atoms in total. The summed E-state index contributed by atoms with van der Waals surface area (Å²) in [7, 11) is 0. The lowest BCUT2D eigenvalue weighted by Gasteiger charge is -2.16. The van der Waals surface area contributed by atoms with E-state index in [0.717, 1.165) is 5.56 Å². The molecule has 1 fully saturated rings. The van der Waals surface area contributed by atoms with Crippen LogP contribution in [0.1, 0.15) is 23.8 Å². The first kappa shape index (κ1) is 16.5. The highest BCUT2D eigenvalue weighted by atomic mass is 16.5. The summed E-state index contributed by atoms with van der Waals surface area (Å²) in [4.78, 5) is 18.7. The Morgan fingerprint density at radius 1 is 1.23 bits per heavy atom. The van der Waals surface area contributed by atoms with Crippen molar-refractivity contribution in [2.45, 2.75) is 24.8 Å². The number of aryl methyl sites for hydroxylation is 1. The van der Waals surface area contributed by atoms with Gasteiger partial charge in [0.25, 0.3) is 0 Å². The molecule has 1 saturated heterocycles. The molecule has 1 aliphatic rings. The van der Waals surface area contributed by atoms with Crippen LogP contribution in [-0.4, -0.2) is 40.1 Å². The maximum absolute atomic E-state index is 12.5. The third kappa shape index (κ3) is 3.39. The van der Waals surface area contributed by atoms with Gasteiger partial charge in [0.15, 0.2) is 0 Å². The molecule has 0 spiro atoms. The van der Waals surface area contributed by atoms with E-state index in [9.17, 15) is 4.79 Å². The molecule has 3 aromatic rings. The van der Waals surface area contributed by atoms with Gasteiger partial charge >= 0.3 is 0 Å². The molecule has 7 heteroatoms. The van der Waals surface area contributed by atoms with Crippen LogP contribution in [-0.2, 0) is 11.2 Å². The molecule has 1 aromatic carbocycles. The molecule has 0 saturated carbocycles. The number of carbonyl (C=O) groups is 1. The molecule has 2 atom stereocenters. The summed E-state index contributed by atoms with van der Waals surface area (Å²) in [5, 5.41) is 3.91. The number of benzene rings is 1. The van der Waals surface area contributed by atoms with Gasteiger partial charge in [-0.1, -0.05) is 35.5 Å². The van der Waals surface area contributed by atoms with Crippen LogP contribution < -0.4 is 5.73 Å². The number of nitrogens with two attached hydrogens (primary N) is 1. The normalized spacial score (nSPS) is 19.8. The zero-order valence-corrected chi connectivity index (χ0v) is 14.2. The summed E-state index contributed by atoms with van der Waals surface area (Å²) in [6.45, 7) is 1.22. The molecular weight excluding hydrogens is 332 g/mol. The summed E-state index contributed by atoms with van der Waals surface area (Å²) in [6, 6.07) is 11.8. The Morgan fingerprint density at radius 3 is 2.85 bits per heavy atom. The number of hydrogen-bond donors (Lipinski definition) is 1. The van der Waals surface area contributed by atoms with Gasteiger partial charge in [-0.05, 0) is 11.6 Å². The van der Waals surface area contributed by atoms with Crippen LogP contribution in [0.5, 0.6) is 0 Å². The van der Waals surface area contributed by atoms with Crippen LogP contribution in [0.4, 0.5) is 0 Å². The van der Waals surface area contributed by atoms with Crippen molar-refractivity contribution in [3.05, 3.63) is 60.4 Å². The number of nitrogens with zero attached hydrogens (tertiary/aromatic N) is 3. The van der Waals surface area contributed by atoms with Crippen molar-refractivity contribution < 1.29 is 13.7 Å². The molecule has 26 heavy (non-hydrogen) atoms. The first-order valence-electron chi connectivity index (χ1n) is 8.64. The van der Waals surface area contributed by atoms with Gasteiger partial charge in [-0.25, -0.2) is 0 Å². The molecule has 3 heterocycles. The minimum atomic E-state index is -0.0440. The van der Waals surface area contributed by atoms with E-state index in [0.29, 0.717) is 37.6 Å². The number of likely N-dealkylation sites (tertiary alicyclic amines) is 1. The molecule has 2 N–H and O–H groups in total. The number of rotatable bonds is 5. The zero-order chi connectivity index (χ0) is 17.9. The van der Waals surface area contributed by atoms with Crippen LogP contribution in [0.2, 0.25) is 0 Å². The molecule has 0 unspecified atom stereocenters. The minimum Gasteiger partial charge on any atom is -0.472 e. The second-order valence-corrected chi connectivity index (χ2v) is 6.50. The number of amides is 1. The Bertz CT molecular complexity index is 860. The topological polar surface area (TPSA) is 98.4 Å². The quantitative estimate of drug-likeness (QED) is 0.756. The second-order valence-electron chi connectivity index (χ2n) is 6.50. The van der Waals surface area contributed by atoms with Crippen molar-refractivity contribution in [3.63, 3.8) is 0 Å². The van der Waals surface area contributed by atoms with Gasteiger partial charge < -0.3 is 19.6 Å². The summed E-state index contributed by atoms with van der Waals surface area (Å²) >= 11 is 0. The van der Waals surface area contributed by atoms with Crippen LogP contribution in [0, 0.1) is 0 Å². The minimum absolute atomic E-state index is 0.0440. The fourth-order valence-electron chi connectivity index (χ4n) is 3.32. The van der Waals surface area contributed by atoms with Gasteiger partial charge in [-0.2, -0.15) is 4.98 Å². The summed E-state index contributed by atoms with van der Waals surface area (Å²) in [6.07, 6.45) is 3.83. The van der Waals surface area contributed by atoms with E-state index in [1.165, 1.54) is 5.56 Å². The van der Waals surface area contributed by atoms with Crippen molar-refractivity contribution in [1.29, 1.82) is 0 Å². The van der Waals surface area contributed by atoms with Crippen LogP contribution in [0.25, 0.3) is 11.4 Å². The first-order chi connectivity index (χ1) is 12.7. The van der Waals surface area contributed by atoms with Crippen molar-refractivity contribution in [2.75, 3.05) is 13.1 Å². The molecule has 134 valence electrons. The number of aromatic nitrogens is 2. The van der Waals surface area contributed by atoms with E-state index in [4.69, 9.17) is 14.7 Å². The predicted molar refractivity (Wildman–Crippen MR) is 94.1 cm³/mol. The Kier molecular flexibility index (Phi) is 4.53. The largest absolute Gasteiger partial charge is 0.472 e. The van der Waals surface area contributed by atoms with Gasteiger partial charge in [0.2, 0.25) is 17.6 Å². The van der Waals surface area contributed by atoms with E-state index in [1.807, 2.05) is 23.1 Å². The highest BCUT2D eigenvalue weighted by Gasteiger charge is 2.33. The molecule has 0 bridgehead atoms. The van der Waals surface area contributed by atoms with Gasteiger partial charge in [-0.3, -0.25) is 4.79 Å². The average molecular weight is 352 g/mol. The SMILES string of the molecule is N[C@@H]1CN(C(=O)CCc2nc(-c3ccoc3)no2)C[C@H]1c1ccccc1. The maximum Gasteiger partial charge on any atom is 0.227 e. The van der Waals surface area contributed by atoms with E-state index >= 15 is 0 Å². The van der Waals surface area contributed by atoms with Crippen LogP contribution in [0.3, 0.4) is 0 Å². The van der Waals surface area contributed by atoms with E-state index in [2.05, 4.69) is 22.3 Å². The predicted octanol–water partition coefficient (Wildman–Crippen LogP) is 2.22. The Labute approximate surface area is 150 Å². The van der Waals surface area contributed by atoms with Crippen LogP contribution >= 0.6 is 0 Å². The van der Waals surface area contributed by atoms with Crippen molar-refractivity contribution in [2.24, 2.45) is 5.73 Å². The van der Waals surface area contributed by atoms with E-state index < -0.39 is 0 Å². The first-order valence-corrected chi connectivity index (χ1v) is 8.64. The Balaban J connectivity index is 1.34. The lowest BCUT2D eigenvalue weighted by molar-refractivity contribution is -0.130. The summed E-state index contributed by atoms with van der Waals surface area (Å²) < 4.78 is 10.2. The van der Waals surface area contributed by atoms with Crippen molar-refractivity contribution >= 4 is 5.91 Å². The summed E-state index contributed by atoms with van der Waals surface area (Å²) in [5.74, 6) is 1.14. The zero-order valence-electron chi connectivity index (χ0n) is 14.2. The highest BCUT2D eigenvalue weighted by molar-refractivity contribution is 5.77. The van der Waals surface area contributed by atoms with E-state index in [1.54, 1.807) is 18.6 Å². The average Bonchev–Trinajstić information content (AvgIpc) is 3.40. The van der Waals surface area contributed by atoms with E-state index in [-0.39, 0.29) is 17.9 Å². The van der Waals surface area contributed by atoms with Gasteiger partial charge in [0, 0.05) is 37.9 Å². The highest BCUT2D eigenvalue weighted by Crippen LogP contribution is 2.27. The van der Waals surface area contributed by atoms with Crippen molar-refractivity contribution in [3.8, 4) is 11.4 Å². The van der Waals surface area contributed by atoms with Gasteiger partial charge in [0.05, 0.1) is 11.8 Å². The fourth-order valence-corrected chi connectivity index (χ4v) is 3.32. The number of hydrogen-bond acceptors (Lipinski definition) is 6. The summed E-state index contributed by atoms with van der Waals surface area (Å²) in [5.41, 5.74) is 8.19. The van der Waals surface area contributed by atoms with Crippen LogP contribution in [0.15, 0.2) is 57.9 Å². The molecule has 1 aliphatic heterocycles. The fraction of sp³-hybridized carbons (Fsp3) is 0.316. The molecule has 2 aromatic heterocycles. The standard InChI is InChI=1S/C19H20N4O3/c20-16-11-23(10-15(16)13-4-2-1-3-5-13)18(24)7-6-17-21-19(22-26-17)14-8-9-25-12-14/h1-5,8-9,12,15-16H,6-7,10-11,20H2/t15-,16+/m0/s1. The van der Waals surface area contributed by atoms with Gasteiger partial charge in [-0.15, -0.1) is 0 Å². The molecule has 1 amide bonds. The maximum atomic E-state index is 12.5. The Hall–Kier alpha value is -2.93. The second kappa shape index (κ2) is 7.13. The number of furan rings is 1. The lowest BCUT2D eigenvalue weighted by Crippen LogP contribution is -2.32. The number of carbonyl (C=O) groups excluding carboxylic acids is 1. The third-order valence-corrected chi connectivity index (χ3v) is 4.75. The third-order valence-electron chi connectivity index (χ3n) is 4.75. The molecule has 4 rings (SSSR count). The molecule has 0 radical (unpaired) electrons. The van der Waals surface area contributed by atoms with Gasteiger partial charge in [0.1, 0.15) is 6.26 Å².